The van der Waals surface area contributed by atoms with Crippen LogP contribution in [0.2, 0.25) is 0 Å². The number of carbonyl (C=O) groups is 1. The van der Waals surface area contributed by atoms with Crippen molar-refractivity contribution in [3.8, 4) is 17.2 Å². The van der Waals surface area contributed by atoms with E-state index in [1.165, 1.54) is 26.2 Å². The number of carbonyl (C=O) groups excluding carboxylic acids is 1. The standard InChI is InChI=1S/C16H18N2O4S/c1-10-5-6-12(23-10)9-17-18-16(19)11-7-13(20-2)15(22-4)14(8-11)21-3/h5-9H,1-4H3,(H,18,19)/b17-9-. The smallest absolute Gasteiger partial charge is 0.271 e. The van der Waals surface area contributed by atoms with Gasteiger partial charge < -0.3 is 14.2 Å². The van der Waals surface area contributed by atoms with Crippen LogP contribution in [0.4, 0.5) is 0 Å². The molecule has 6 nitrogen and oxygen atoms in total. The fourth-order valence-corrected chi connectivity index (χ4v) is 2.70. The lowest BCUT2D eigenvalue weighted by molar-refractivity contribution is 0.0954. The molecule has 0 aliphatic rings. The average molecular weight is 334 g/mol. The van der Waals surface area contributed by atoms with E-state index in [9.17, 15) is 4.79 Å². The van der Waals surface area contributed by atoms with Crippen LogP contribution in [0.15, 0.2) is 29.4 Å². The molecule has 0 radical (unpaired) electrons. The number of thiophene rings is 1. The molecule has 0 atom stereocenters. The summed E-state index contributed by atoms with van der Waals surface area (Å²) in [5, 5.41) is 3.96. The highest BCUT2D eigenvalue weighted by Crippen LogP contribution is 2.38. The monoisotopic (exact) mass is 334 g/mol. The number of ether oxygens (including phenoxy) is 3. The second-order valence-electron chi connectivity index (χ2n) is 4.56. The topological polar surface area (TPSA) is 69.2 Å². The summed E-state index contributed by atoms with van der Waals surface area (Å²) in [6.07, 6.45) is 1.60. The van der Waals surface area contributed by atoms with Crippen molar-refractivity contribution in [1.82, 2.24) is 5.43 Å². The van der Waals surface area contributed by atoms with Crippen LogP contribution in [0.1, 0.15) is 20.1 Å². The van der Waals surface area contributed by atoms with Crippen LogP contribution in [0.5, 0.6) is 17.2 Å². The van der Waals surface area contributed by atoms with Gasteiger partial charge in [-0.1, -0.05) is 0 Å². The second kappa shape index (κ2) is 7.64. The molecule has 23 heavy (non-hydrogen) atoms. The second-order valence-corrected chi connectivity index (χ2v) is 5.88. The van der Waals surface area contributed by atoms with Crippen LogP contribution in [0.3, 0.4) is 0 Å². The summed E-state index contributed by atoms with van der Waals surface area (Å²) in [7, 11) is 4.50. The van der Waals surface area contributed by atoms with Gasteiger partial charge in [0.1, 0.15) is 0 Å². The molecule has 1 aromatic carbocycles. The lowest BCUT2D eigenvalue weighted by atomic mass is 10.1. The molecule has 122 valence electrons. The van der Waals surface area contributed by atoms with Crippen LogP contribution in [0, 0.1) is 6.92 Å². The maximum absolute atomic E-state index is 12.2. The molecule has 0 saturated carbocycles. The third-order valence-corrected chi connectivity index (χ3v) is 3.98. The van der Waals surface area contributed by atoms with E-state index in [2.05, 4.69) is 10.5 Å². The first kappa shape index (κ1) is 16.8. The van der Waals surface area contributed by atoms with E-state index >= 15 is 0 Å². The van der Waals surface area contributed by atoms with Gasteiger partial charge in [0.2, 0.25) is 5.75 Å². The minimum Gasteiger partial charge on any atom is -0.493 e. The van der Waals surface area contributed by atoms with Gasteiger partial charge in [0, 0.05) is 15.3 Å². The van der Waals surface area contributed by atoms with Gasteiger partial charge in [-0.05, 0) is 31.2 Å². The number of hydrogen-bond acceptors (Lipinski definition) is 6. The number of methoxy groups -OCH3 is 3. The highest BCUT2D eigenvalue weighted by molar-refractivity contribution is 7.13. The number of rotatable bonds is 6. The summed E-state index contributed by atoms with van der Waals surface area (Å²) in [6, 6.07) is 7.07. The van der Waals surface area contributed by atoms with E-state index in [-0.39, 0.29) is 5.91 Å². The van der Waals surface area contributed by atoms with Crippen molar-refractivity contribution in [2.75, 3.05) is 21.3 Å². The fraction of sp³-hybridized carbons (Fsp3) is 0.250. The quantitative estimate of drug-likeness (QED) is 0.651. The third kappa shape index (κ3) is 4.01. The Morgan fingerprint density at radius 3 is 2.26 bits per heavy atom. The Morgan fingerprint density at radius 2 is 1.78 bits per heavy atom. The summed E-state index contributed by atoms with van der Waals surface area (Å²) in [5.74, 6) is 0.891. The highest BCUT2D eigenvalue weighted by Gasteiger charge is 2.16. The zero-order valence-electron chi connectivity index (χ0n) is 13.4. The number of benzene rings is 1. The number of hydrogen-bond donors (Lipinski definition) is 1. The number of aryl methyl sites for hydroxylation is 1. The number of amides is 1. The molecule has 2 rings (SSSR count). The SMILES string of the molecule is COc1cc(C(=O)N/N=C\c2ccc(C)s2)cc(OC)c1OC. The zero-order valence-corrected chi connectivity index (χ0v) is 14.2. The lowest BCUT2D eigenvalue weighted by Crippen LogP contribution is -2.17. The maximum Gasteiger partial charge on any atom is 0.271 e. The number of nitrogens with zero attached hydrogens (tertiary/aromatic N) is 1. The molecule has 2 aromatic rings. The van der Waals surface area contributed by atoms with Gasteiger partial charge in [-0.3, -0.25) is 4.79 Å². The fourth-order valence-electron chi connectivity index (χ4n) is 1.95. The Morgan fingerprint density at radius 1 is 1.13 bits per heavy atom. The minimum atomic E-state index is -0.367. The van der Waals surface area contributed by atoms with Gasteiger partial charge in [0.25, 0.3) is 5.91 Å². The molecule has 1 heterocycles. The predicted molar refractivity (Wildman–Crippen MR) is 90.2 cm³/mol. The summed E-state index contributed by atoms with van der Waals surface area (Å²) >= 11 is 1.60. The van der Waals surface area contributed by atoms with E-state index in [0.717, 1.165) is 4.88 Å². The molecule has 0 spiro atoms. The molecule has 0 aliphatic heterocycles. The number of nitrogens with one attached hydrogen (secondary N) is 1. The maximum atomic E-state index is 12.2. The summed E-state index contributed by atoms with van der Waals surface area (Å²) in [6.45, 7) is 2.01. The van der Waals surface area contributed by atoms with Gasteiger partial charge >= 0.3 is 0 Å². The molecule has 0 aliphatic carbocycles. The Bertz CT molecular complexity index is 700. The summed E-state index contributed by atoms with van der Waals surface area (Å²) < 4.78 is 15.7. The van der Waals surface area contributed by atoms with Crippen molar-refractivity contribution >= 4 is 23.5 Å². The highest BCUT2D eigenvalue weighted by atomic mass is 32.1. The Balaban J connectivity index is 2.17. The van der Waals surface area contributed by atoms with Crippen LogP contribution in [-0.2, 0) is 0 Å². The van der Waals surface area contributed by atoms with E-state index in [1.807, 2.05) is 19.1 Å². The first-order valence-corrected chi connectivity index (χ1v) is 7.60. The molecule has 0 bridgehead atoms. The molecule has 7 heteroatoms. The Labute approximate surface area is 138 Å². The minimum absolute atomic E-state index is 0.360. The van der Waals surface area contributed by atoms with Crippen LogP contribution in [-0.4, -0.2) is 33.5 Å². The van der Waals surface area contributed by atoms with E-state index in [0.29, 0.717) is 22.8 Å². The Kier molecular flexibility index (Phi) is 5.59. The van der Waals surface area contributed by atoms with E-state index in [4.69, 9.17) is 14.2 Å². The van der Waals surface area contributed by atoms with Crippen molar-refractivity contribution < 1.29 is 19.0 Å². The molecule has 0 unspecified atom stereocenters. The van der Waals surface area contributed by atoms with Crippen molar-refractivity contribution in [2.24, 2.45) is 5.10 Å². The predicted octanol–water partition coefficient (Wildman–Crippen LogP) is 2.85. The average Bonchev–Trinajstić information content (AvgIpc) is 2.98. The molecule has 0 fully saturated rings. The molecule has 1 aromatic heterocycles. The van der Waals surface area contributed by atoms with Crippen molar-refractivity contribution in [2.45, 2.75) is 6.92 Å². The summed E-state index contributed by atoms with van der Waals surface area (Å²) in [4.78, 5) is 14.4. The van der Waals surface area contributed by atoms with Gasteiger partial charge in [-0.2, -0.15) is 5.10 Å². The third-order valence-electron chi connectivity index (χ3n) is 3.05. The van der Waals surface area contributed by atoms with Crippen LogP contribution in [0.25, 0.3) is 0 Å². The first-order valence-electron chi connectivity index (χ1n) is 6.79. The van der Waals surface area contributed by atoms with E-state index < -0.39 is 0 Å². The van der Waals surface area contributed by atoms with Crippen molar-refractivity contribution in [3.05, 3.63) is 39.6 Å². The molecular formula is C16H18N2O4S. The van der Waals surface area contributed by atoms with E-state index in [1.54, 1.807) is 29.7 Å². The number of hydrazone groups is 1. The van der Waals surface area contributed by atoms with Gasteiger partial charge in [-0.15, -0.1) is 11.3 Å². The van der Waals surface area contributed by atoms with Gasteiger partial charge in [0.05, 0.1) is 27.5 Å². The van der Waals surface area contributed by atoms with Crippen molar-refractivity contribution in [1.29, 1.82) is 0 Å². The largest absolute Gasteiger partial charge is 0.493 e. The van der Waals surface area contributed by atoms with Gasteiger partial charge in [0.15, 0.2) is 11.5 Å². The Hall–Kier alpha value is -2.54. The van der Waals surface area contributed by atoms with Gasteiger partial charge in [-0.25, -0.2) is 5.43 Å². The molecule has 1 amide bonds. The first-order chi connectivity index (χ1) is 11.1. The molecule has 0 saturated heterocycles. The summed E-state index contributed by atoms with van der Waals surface area (Å²) in [5.41, 5.74) is 2.84. The van der Waals surface area contributed by atoms with Crippen molar-refractivity contribution in [3.63, 3.8) is 0 Å². The molecule has 1 N–H and O–H groups in total. The van der Waals surface area contributed by atoms with Crippen LogP contribution >= 0.6 is 11.3 Å². The zero-order chi connectivity index (χ0) is 16.8. The van der Waals surface area contributed by atoms with Crippen LogP contribution < -0.4 is 19.6 Å². The lowest BCUT2D eigenvalue weighted by Gasteiger charge is -2.13. The molecular weight excluding hydrogens is 316 g/mol. The normalized spacial score (nSPS) is 10.6.